The van der Waals surface area contributed by atoms with E-state index in [0.717, 1.165) is 42.2 Å². The van der Waals surface area contributed by atoms with Crippen molar-refractivity contribution >= 4 is 79.2 Å². The van der Waals surface area contributed by atoms with Crippen LogP contribution < -0.4 is 0 Å². The van der Waals surface area contributed by atoms with Crippen LogP contribution in [-0.4, -0.2) is 111 Å². The van der Waals surface area contributed by atoms with Crippen LogP contribution in [0.2, 0.25) is 0 Å². The third kappa shape index (κ3) is 14.4. The van der Waals surface area contributed by atoms with Gasteiger partial charge in [-0.3, -0.25) is 0 Å². The van der Waals surface area contributed by atoms with Gasteiger partial charge in [0, 0.05) is 84.8 Å². The smallest absolute Gasteiger partial charge is 0.380 e. The molecule has 0 aromatic carbocycles. The lowest BCUT2D eigenvalue weighted by molar-refractivity contribution is -0.254. The Bertz CT molecular complexity index is 2990. The summed E-state index contributed by atoms with van der Waals surface area (Å²) < 4.78 is 150. The molecular formula is C62H80F6O8S6. The Morgan fingerprint density at radius 2 is 0.695 bits per heavy atom. The van der Waals surface area contributed by atoms with Crippen molar-refractivity contribution in [1.82, 2.24) is 0 Å². The average molecular weight is 1260 g/mol. The van der Waals surface area contributed by atoms with Crippen molar-refractivity contribution in [2.45, 2.75) is 142 Å². The van der Waals surface area contributed by atoms with Crippen molar-refractivity contribution in [1.29, 1.82) is 0 Å². The van der Waals surface area contributed by atoms with Crippen LogP contribution in [0.3, 0.4) is 0 Å². The highest BCUT2D eigenvalue weighted by Gasteiger charge is 2.80. The van der Waals surface area contributed by atoms with Crippen LogP contribution >= 0.6 is 68.0 Å². The Kier molecular flexibility index (Phi) is 23.1. The van der Waals surface area contributed by atoms with Gasteiger partial charge in [0.15, 0.2) is 0 Å². The van der Waals surface area contributed by atoms with Crippen molar-refractivity contribution in [2.24, 2.45) is 0 Å². The molecule has 1 aliphatic carbocycles. The van der Waals surface area contributed by atoms with Gasteiger partial charge in [-0.15, -0.1) is 68.0 Å². The molecule has 0 amide bonds. The molecule has 0 unspecified atom stereocenters. The van der Waals surface area contributed by atoms with Gasteiger partial charge in [-0.2, -0.15) is 26.3 Å². The molecule has 454 valence electrons. The fourth-order valence-electron chi connectivity index (χ4n) is 9.74. The zero-order chi connectivity index (χ0) is 59.7. The van der Waals surface area contributed by atoms with Crippen molar-refractivity contribution < 1.29 is 64.2 Å². The number of thiophene rings is 6. The summed E-state index contributed by atoms with van der Waals surface area (Å²) in [5, 5.41) is 0. The van der Waals surface area contributed by atoms with E-state index in [1.54, 1.807) is 19.2 Å². The zero-order valence-electron chi connectivity index (χ0n) is 49.3. The Morgan fingerprint density at radius 1 is 0.378 bits per heavy atom. The molecule has 6 heterocycles. The quantitative estimate of drug-likeness (QED) is 0.0298. The summed E-state index contributed by atoms with van der Waals surface area (Å²) in [6.07, 6.45) is 2.18. The molecule has 1 aliphatic rings. The number of halogens is 6. The van der Waals surface area contributed by atoms with Gasteiger partial charge in [-0.1, -0.05) is 69.2 Å². The summed E-state index contributed by atoms with van der Waals surface area (Å²) in [5.74, 6) is -16.5. The first-order chi connectivity index (χ1) is 38.9. The standard InChI is InChI=1S/C62H80F6O8S6/c1-13-58(14-2,75-36-34-73-32-30-71-27-26-69-12)50-24-20-44(79-50)54-40(38-46(81-54)42-18-22-48(77-42)56(6,7)8)52-53(61(65,66)62(67,68)60(52,63)64)41-39-47(43-19-23-49(78-43)57(9,10)11)82-55(41)45-21-25-51(80-45)59(15-3,16-4)76-37-35-74-33-31-72-29-28-70-17-5/h18-25,38-39H,13-17,26-37H2,1-12H3. The average Bonchev–Trinajstić information content (AvgIpc) is 3.56. The molecule has 8 nitrogen and oxygen atoms in total. The summed E-state index contributed by atoms with van der Waals surface area (Å²) in [5.41, 5.74) is -5.67. The lowest BCUT2D eigenvalue weighted by Gasteiger charge is -2.31. The number of rotatable bonds is 33. The second-order valence-corrected chi connectivity index (χ2v) is 28.5. The molecule has 7 rings (SSSR count). The number of hydrogen-bond acceptors (Lipinski definition) is 14. The molecule has 6 aromatic rings. The van der Waals surface area contributed by atoms with Crippen LogP contribution in [0.5, 0.6) is 0 Å². The molecule has 0 bridgehead atoms. The number of alkyl halides is 6. The number of ether oxygens (including phenoxy) is 8. The highest BCUT2D eigenvalue weighted by molar-refractivity contribution is 7.27. The van der Waals surface area contributed by atoms with Crippen LogP contribution in [0.1, 0.15) is 132 Å². The van der Waals surface area contributed by atoms with Gasteiger partial charge in [0.25, 0.3) is 0 Å². The largest absolute Gasteiger partial charge is 0.382 e. The maximum Gasteiger partial charge on any atom is 0.380 e. The first-order valence-electron chi connectivity index (χ1n) is 28.1. The first kappa shape index (κ1) is 66.7. The highest BCUT2D eigenvalue weighted by atomic mass is 32.1. The first-order valence-corrected chi connectivity index (χ1v) is 33.0. The lowest BCUT2D eigenvalue weighted by atomic mass is 9.93. The van der Waals surface area contributed by atoms with Gasteiger partial charge in [0.1, 0.15) is 11.2 Å². The van der Waals surface area contributed by atoms with E-state index >= 15 is 26.3 Å². The van der Waals surface area contributed by atoms with E-state index in [1.165, 1.54) is 57.5 Å². The molecule has 0 atom stereocenters. The monoisotopic (exact) mass is 1260 g/mol. The van der Waals surface area contributed by atoms with Crippen molar-refractivity contribution in [2.75, 3.05) is 93.0 Å². The summed E-state index contributed by atoms with van der Waals surface area (Å²) in [7, 11) is 1.60. The topological polar surface area (TPSA) is 73.8 Å². The molecule has 6 aromatic heterocycles. The molecular weight excluding hydrogens is 1180 g/mol. The SMILES string of the molecule is CCOCCOCCOCCOC(CC)(CC)c1ccc(-c2sc(-c3ccc(C(C)(C)C)s3)cc2C2=C(c3cc(-c4ccc(C(C)(C)C)s4)sc3-c3ccc(C(CC)(CC)OCCOCCOCCOC)s3)C(F)(F)C(F)(F)C2(F)F)s1. The van der Waals surface area contributed by atoms with Crippen LogP contribution in [0, 0.1) is 0 Å². The van der Waals surface area contributed by atoms with Gasteiger partial charge >= 0.3 is 17.8 Å². The second-order valence-electron chi connectivity index (χ2n) is 22.1. The lowest BCUT2D eigenvalue weighted by Crippen LogP contribution is -2.48. The zero-order valence-corrected chi connectivity index (χ0v) is 54.2. The Labute approximate surface area is 505 Å². The molecule has 20 heteroatoms. The number of hydrogen-bond donors (Lipinski definition) is 0. The van der Waals surface area contributed by atoms with E-state index in [1.807, 2.05) is 71.0 Å². The molecule has 0 saturated heterocycles. The van der Waals surface area contributed by atoms with Crippen molar-refractivity contribution in [3.8, 4) is 39.0 Å². The molecule has 0 radical (unpaired) electrons. The van der Waals surface area contributed by atoms with Gasteiger partial charge < -0.3 is 37.9 Å². The summed E-state index contributed by atoms with van der Waals surface area (Å²) >= 11 is 7.76. The summed E-state index contributed by atoms with van der Waals surface area (Å²) in [6.45, 7) is 27.3. The van der Waals surface area contributed by atoms with Crippen molar-refractivity contribution in [3.05, 3.63) is 91.3 Å². The minimum Gasteiger partial charge on any atom is -0.382 e. The fourth-order valence-corrected chi connectivity index (χ4v) is 17.2. The third-order valence-corrected chi connectivity index (χ3v) is 23.2. The van der Waals surface area contributed by atoms with E-state index in [9.17, 15) is 0 Å². The highest BCUT2D eigenvalue weighted by Crippen LogP contribution is 2.68. The Hall–Kier alpha value is -2.80. The molecule has 0 aliphatic heterocycles. The molecule has 0 saturated carbocycles. The minimum atomic E-state index is -5.81. The van der Waals surface area contributed by atoms with Crippen molar-refractivity contribution in [3.63, 3.8) is 0 Å². The van der Waals surface area contributed by atoms with E-state index in [2.05, 4.69) is 41.5 Å². The molecule has 0 N–H and O–H groups in total. The molecule has 0 spiro atoms. The van der Waals surface area contributed by atoms with Gasteiger partial charge in [0.2, 0.25) is 0 Å². The molecule has 0 fully saturated rings. The van der Waals surface area contributed by atoms with Gasteiger partial charge in [0.05, 0.1) is 89.0 Å². The maximum absolute atomic E-state index is 17.6. The van der Waals surface area contributed by atoms with E-state index < -0.39 is 40.1 Å². The molecule has 82 heavy (non-hydrogen) atoms. The third-order valence-electron chi connectivity index (χ3n) is 14.7. The Balaban J connectivity index is 1.37. The minimum absolute atomic E-state index is 0.185. The van der Waals surface area contributed by atoms with Gasteiger partial charge in [-0.05, 0) is 104 Å². The van der Waals surface area contributed by atoms with Crippen LogP contribution in [0.4, 0.5) is 26.3 Å². The van der Waals surface area contributed by atoms with Crippen LogP contribution in [0.25, 0.3) is 50.2 Å². The predicted octanol–water partition coefficient (Wildman–Crippen LogP) is 19.0. The number of methoxy groups -OCH3 is 1. The predicted molar refractivity (Wildman–Crippen MR) is 329 cm³/mol. The van der Waals surface area contributed by atoms with Gasteiger partial charge in [-0.25, -0.2) is 0 Å². The van der Waals surface area contributed by atoms with E-state index in [4.69, 9.17) is 37.9 Å². The van der Waals surface area contributed by atoms with Crippen LogP contribution in [-0.2, 0) is 59.9 Å². The van der Waals surface area contributed by atoms with Crippen LogP contribution in [0.15, 0.2) is 60.7 Å². The normalized spacial score (nSPS) is 15.7. The summed E-state index contributed by atoms with van der Waals surface area (Å²) in [4.78, 5) is 7.26. The fraction of sp³-hybridized carbons (Fsp3) is 0.581. The Morgan fingerprint density at radius 3 is 1.02 bits per heavy atom. The van der Waals surface area contributed by atoms with E-state index in [0.29, 0.717) is 114 Å². The summed E-state index contributed by atoms with van der Waals surface area (Å²) in [6, 6.07) is 17.8. The second kappa shape index (κ2) is 28.4. The number of allylic oxidation sites excluding steroid dienone is 2. The van der Waals surface area contributed by atoms with E-state index in [-0.39, 0.29) is 58.1 Å². The maximum atomic E-state index is 17.6.